The second-order valence-electron chi connectivity index (χ2n) is 7.78. The van der Waals surface area contributed by atoms with E-state index in [0.717, 1.165) is 5.56 Å². The van der Waals surface area contributed by atoms with Crippen LogP contribution in [0.4, 0.5) is 4.39 Å². The summed E-state index contributed by atoms with van der Waals surface area (Å²) in [5.41, 5.74) is 0.377. The Morgan fingerprint density at radius 3 is 2.56 bits per heavy atom. The topological polar surface area (TPSA) is 128 Å². The highest BCUT2D eigenvalue weighted by molar-refractivity contribution is 6.30. The number of hydrogen-bond acceptors (Lipinski definition) is 5. The van der Waals surface area contributed by atoms with E-state index in [0.29, 0.717) is 16.1 Å². The first-order valence-corrected chi connectivity index (χ1v) is 10.1. The van der Waals surface area contributed by atoms with Crippen LogP contribution in [-0.2, 0) is 11.2 Å². The molecule has 1 aromatic heterocycles. The van der Waals surface area contributed by atoms with Gasteiger partial charge in [-0.15, -0.1) is 0 Å². The van der Waals surface area contributed by atoms with E-state index in [2.05, 4.69) is 20.7 Å². The third-order valence-corrected chi connectivity index (χ3v) is 5.46. The molecule has 1 heterocycles. The van der Waals surface area contributed by atoms with E-state index in [-0.39, 0.29) is 18.5 Å². The summed E-state index contributed by atoms with van der Waals surface area (Å²) in [7, 11) is 0. The number of aliphatic hydroxyl groups excluding tert-OH is 1. The molecule has 0 saturated carbocycles. The van der Waals surface area contributed by atoms with Crippen molar-refractivity contribution in [3.05, 3.63) is 70.8 Å². The molecule has 32 heavy (non-hydrogen) atoms. The summed E-state index contributed by atoms with van der Waals surface area (Å²) in [6.45, 7) is 0.821. The number of carboxylic acid groups (broad SMARTS) is 1. The van der Waals surface area contributed by atoms with Gasteiger partial charge in [-0.3, -0.25) is 9.59 Å². The van der Waals surface area contributed by atoms with Gasteiger partial charge in [-0.2, -0.15) is 15.4 Å². The number of aliphatic hydroxyl groups is 1. The molecule has 1 amide bonds. The van der Waals surface area contributed by atoms with Crippen molar-refractivity contribution in [2.24, 2.45) is 5.41 Å². The number of benzene rings is 2. The second-order valence-corrected chi connectivity index (χ2v) is 8.22. The van der Waals surface area contributed by atoms with Crippen LogP contribution in [0.15, 0.2) is 48.7 Å². The Labute approximate surface area is 188 Å². The van der Waals surface area contributed by atoms with Crippen molar-refractivity contribution < 1.29 is 24.2 Å². The average molecular weight is 461 g/mol. The van der Waals surface area contributed by atoms with Crippen LogP contribution in [0.3, 0.4) is 0 Å². The quantitative estimate of drug-likeness (QED) is 0.388. The van der Waals surface area contributed by atoms with E-state index in [9.17, 15) is 24.2 Å². The van der Waals surface area contributed by atoms with Gasteiger partial charge in [0.1, 0.15) is 5.82 Å². The minimum Gasteiger partial charge on any atom is -0.481 e. The van der Waals surface area contributed by atoms with Gasteiger partial charge in [-0.05, 0) is 49.1 Å². The number of aliphatic carboxylic acids is 1. The lowest BCUT2D eigenvalue weighted by Gasteiger charge is -2.28. The Morgan fingerprint density at radius 2 is 1.97 bits per heavy atom. The molecule has 3 aromatic rings. The third-order valence-electron chi connectivity index (χ3n) is 5.22. The normalized spacial score (nSPS) is 13.9. The number of aromatic nitrogens is 3. The van der Waals surface area contributed by atoms with Gasteiger partial charge in [0.2, 0.25) is 0 Å². The Balaban J connectivity index is 1.82. The number of nitrogens with zero attached hydrogens (tertiary/aromatic N) is 2. The Hall–Kier alpha value is -3.30. The summed E-state index contributed by atoms with van der Waals surface area (Å²) in [5.74, 6) is -2.10. The SMILES string of the molecule is CC(CO)(CC(Cc1ccc(-c2cc(Cl)ccc2F)cc1)NC(=O)c1cn[nH]n1)C(=O)O. The molecule has 0 aliphatic carbocycles. The summed E-state index contributed by atoms with van der Waals surface area (Å²) in [5, 5.41) is 32.0. The van der Waals surface area contributed by atoms with E-state index in [1.165, 1.54) is 31.3 Å². The first-order valence-electron chi connectivity index (χ1n) is 9.77. The summed E-state index contributed by atoms with van der Waals surface area (Å²) in [6.07, 6.45) is 1.51. The number of rotatable bonds is 9. The monoisotopic (exact) mass is 460 g/mol. The number of amides is 1. The molecule has 0 spiro atoms. The van der Waals surface area contributed by atoms with E-state index in [1.807, 2.05) is 0 Å². The highest BCUT2D eigenvalue weighted by atomic mass is 35.5. The minimum absolute atomic E-state index is 0.0207. The maximum Gasteiger partial charge on any atom is 0.311 e. The minimum atomic E-state index is -1.45. The lowest BCUT2D eigenvalue weighted by atomic mass is 9.82. The van der Waals surface area contributed by atoms with Crippen molar-refractivity contribution in [2.45, 2.75) is 25.8 Å². The predicted molar refractivity (Wildman–Crippen MR) is 116 cm³/mol. The molecule has 2 aromatic carbocycles. The molecule has 0 fully saturated rings. The molecule has 168 valence electrons. The number of aromatic amines is 1. The van der Waals surface area contributed by atoms with Crippen molar-refractivity contribution in [1.82, 2.24) is 20.7 Å². The van der Waals surface area contributed by atoms with Gasteiger partial charge in [0.25, 0.3) is 5.91 Å². The number of carbonyl (C=O) groups is 2. The average Bonchev–Trinajstić information content (AvgIpc) is 3.31. The van der Waals surface area contributed by atoms with Crippen LogP contribution in [0.1, 0.15) is 29.4 Å². The van der Waals surface area contributed by atoms with Gasteiger partial charge < -0.3 is 15.5 Å². The Morgan fingerprint density at radius 1 is 1.25 bits per heavy atom. The Bertz CT molecular complexity index is 1090. The van der Waals surface area contributed by atoms with Crippen molar-refractivity contribution in [1.29, 1.82) is 0 Å². The standard InChI is InChI=1S/C22H22ClFN4O4/c1-22(12-29,21(31)32)10-16(26-20(30)19-11-25-28-27-19)8-13-2-4-14(5-3-13)17-9-15(23)6-7-18(17)24/h2-7,9,11,16,29H,8,10,12H2,1H3,(H,26,30)(H,31,32)(H,25,27,28). The fraction of sp³-hybridized carbons (Fsp3) is 0.273. The maximum absolute atomic E-state index is 14.1. The smallest absolute Gasteiger partial charge is 0.311 e. The summed E-state index contributed by atoms with van der Waals surface area (Å²) >= 11 is 5.97. The van der Waals surface area contributed by atoms with Crippen LogP contribution in [0.2, 0.25) is 5.02 Å². The predicted octanol–water partition coefficient (Wildman–Crippen LogP) is 3.08. The highest BCUT2D eigenvalue weighted by Gasteiger charge is 2.36. The lowest BCUT2D eigenvalue weighted by Crippen LogP contribution is -2.44. The molecule has 4 N–H and O–H groups in total. The Kier molecular flexibility index (Phi) is 7.22. The third kappa shape index (κ3) is 5.49. The molecule has 10 heteroatoms. The van der Waals surface area contributed by atoms with Crippen LogP contribution in [0.25, 0.3) is 11.1 Å². The van der Waals surface area contributed by atoms with E-state index in [1.54, 1.807) is 24.3 Å². The number of carboxylic acids is 1. The van der Waals surface area contributed by atoms with Crippen molar-refractivity contribution in [3.8, 4) is 11.1 Å². The molecule has 0 aliphatic rings. The van der Waals surface area contributed by atoms with E-state index in [4.69, 9.17) is 11.6 Å². The number of halogens is 2. The van der Waals surface area contributed by atoms with Crippen LogP contribution in [0.5, 0.6) is 0 Å². The first-order chi connectivity index (χ1) is 15.2. The first kappa shape index (κ1) is 23.4. The molecule has 0 aliphatic heterocycles. The number of nitrogens with one attached hydrogen (secondary N) is 2. The summed E-state index contributed by atoms with van der Waals surface area (Å²) < 4.78 is 14.1. The molecule has 0 saturated heterocycles. The van der Waals surface area contributed by atoms with E-state index < -0.39 is 35.8 Å². The molecule has 3 rings (SSSR count). The fourth-order valence-corrected chi connectivity index (χ4v) is 3.50. The zero-order chi connectivity index (χ0) is 23.3. The van der Waals surface area contributed by atoms with Crippen molar-refractivity contribution in [2.75, 3.05) is 6.61 Å². The molecule has 2 unspecified atom stereocenters. The van der Waals surface area contributed by atoms with Crippen LogP contribution in [-0.4, -0.2) is 50.1 Å². The van der Waals surface area contributed by atoms with Gasteiger partial charge >= 0.3 is 5.97 Å². The molecule has 0 bridgehead atoms. The van der Waals surface area contributed by atoms with Gasteiger partial charge in [0, 0.05) is 16.6 Å². The lowest BCUT2D eigenvalue weighted by molar-refractivity contribution is -0.151. The molecule has 2 atom stereocenters. The van der Waals surface area contributed by atoms with Gasteiger partial charge in [-0.25, -0.2) is 4.39 Å². The van der Waals surface area contributed by atoms with Crippen LogP contribution < -0.4 is 5.32 Å². The number of H-pyrrole nitrogens is 1. The molecule has 0 radical (unpaired) electrons. The fourth-order valence-electron chi connectivity index (χ4n) is 3.33. The zero-order valence-electron chi connectivity index (χ0n) is 17.2. The largest absolute Gasteiger partial charge is 0.481 e. The van der Waals surface area contributed by atoms with Gasteiger partial charge in [0.05, 0.1) is 18.2 Å². The molecular formula is C22H22ClFN4O4. The van der Waals surface area contributed by atoms with Crippen molar-refractivity contribution in [3.63, 3.8) is 0 Å². The van der Waals surface area contributed by atoms with Gasteiger partial charge in [-0.1, -0.05) is 35.9 Å². The van der Waals surface area contributed by atoms with Gasteiger partial charge in [0.15, 0.2) is 5.69 Å². The van der Waals surface area contributed by atoms with Crippen molar-refractivity contribution >= 4 is 23.5 Å². The molecular weight excluding hydrogens is 439 g/mol. The number of carbonyl (C=O) groups excluding carboxylic acids is 1. The van der Waals surface area contributed by atoms with E-state index >= 15 is 0 Å². The summed E-state index contributed by atoms with van der Waals surface area (Å²) in [4.78, 5) is 24.1. The summed E-state index contributed by atoms with van der Waals surface area (Å²) in [6, 6.07) is 10.7. The van der Waals surface area contributed by atoms with Crippen LogP contribution >= 0.6 is 11.6 Å². The number of hydrogen-bond donors (Lipinski definition) is 4. The molecule has 8 nitrogen and oxygen atoms in total. The maximum atomic E-state index is 14.1. The zero-order valence-corrected chi connectivity index (χ0v) is 17.9. The van der Waals surface area contributed by atoms with Crippen LogP contribution in [0, 0.1) is 11.2 Å². The second kappa shape index (κ2) is 9.88. The highest BCUT2D eigenvalue weighted by Crippen LogP contribution is 2.28.